The fraction of sp³-hybridized carbons (Fsp3) is 0.222. The summed E-state index contributed by atoms with van der Waals surface area (Å²) < 4.78 is 38.4. The van der Waals surface area contributed by atoms with E-state index < -0.39 is 29.5 Å². The molecule has 0 spiro atoms. The number of nitrogens with two attached hydrogens (primary N) is 2. The minimum Gasteiger partial charge on any atom is -0.370 e. The maximum absolute atomic E-state index is 12.8. The molecule has 0 fully saturated rings. The van der Waals surface area contributed by atoms with Gasteiger partial charge in [-0.15, -0.1) is 0 Å². The predicted octanol–water partition coefficient (Wildman–Crippen LogP) is 2.89. The number of amides is 2. The quantitative estimate of drug-likeness (QED) is 0.839. The van der Waals surface area contributed by atoms with E-state index in [-0.39, 0.29) is 12.8 Å². The maximum Gasteiger partial charge on any atom is 0.416 e. The number of primary amides is 2. The van der Waals surface area contributed by atoms with Gasteiger partial charge in [-0.2, -0.15) is 13.2 Å². The van der Waals surface area contributed by atoms with E-state index in [1.165, 1.54) is 6.07 Å². The standard InChI is InChI=1S/C18H17F3N2O2/c19-18(20,21)15-3-1-2-13(9-15)12-6-4-11(5-7-12)8-14(17(23)25)10-16(22)24/h1-7,9,14H,8,10H2,(H2,22,24)(H2,23,25). The van der Waals surface area contributed by atoms with Crippen molar-refractivity contribution in [2.24, 2.45) is 17.4 Å². The number of rotatable bonds is 6. The van der Waals surface area contributed by atoms with Crippen molar-refractivity contribution in [3.63, 3.8) is 0 Å². The summed E-state index contributed by atoms with van der Waals surface area (Å²) in [6, 6.07) is 11.7. The van der Waals surface area contributed by atoms with Crippen LogP contribution in [0.2, 0.25) is 0 Å². The van der Waals surface area contributed by atoms with Crippen LogP contribution in [0.5, 0.6) is 0 Å². The highest BCUT2D eigenvalue weighted by Gasteiger charge is 2.30. The van der Waals surface area contributed by atoms with Crippen molar-refractivity contribution in [3.05, 3.63) is 59.7 Å². The van der Waals surface area contributed by atoms with Crippen molar-refractivity contribution in [3.8, 4) is 11.1 Å². The Morgan fingerprint density at radius 2 is 1.60 bits per heavy atom. The van der Waals surface area contributed by atoms with E-state index in [9.17, 15) is 22.8 Å². The highest BCUT2D eigenvalue weighted by Crippen LogP contribution is 2.32. The molecule has 132 valence electrons. The molecule has 2 amide bonds. The maximum atomic E-state index is 12.8. The van der Waals surface area contributed by atoms with Crippen LogP contribution in [0, 0.1) is 5.92 Å². The van der Waals surface area contributed by atoms with E-state index in [1.54, 1.807) is 30.3 Å². The average molecular weight is 350 g/mol. The van der Waals surface area contributed by atoms with E-state index in [4.69, 9.17) is 11.5 Å². The number of alkyl halides is 3. The van der Waals surface area contributed by atoms with E-state index in [0.717, 1.165) is 17.7 Å². The summed E-state index contributed by atoms with van der Waals surface area (Å²) in [4.78, 5) is 22.3. The summed E-state index contributed by atoms with van der Waals surface area (Å²) in [5.41, 5.74) is 11.4. The molecule has 0 saturated heterocycles. The lowest BCUT2D eigenvalue weighted by Gasteiger charge is -2.12. The number of hydrogen-bond donors (Lipinski definition) is 2. The van der Waals surface area contributed by atoms with Gasteiger partial charge in [-0.05, 0) is 35.2 Å². The van der Waals surface area contributed by atoms with Gasteiger partial charge < -0.3 is 11.5 Å². The fourth-order valence-electron chi connectivity index (χ4n) is 2.51. The topological polar surface area (TPSA) is 86.2 Å². The highest BCUT2D eigenvalue weighted by molar-refractivity contribution is 5.84. The number of benzene rings is 2. The van der Waals surface area contributed by atoms with Crippen LogP contribution in [0.25, 0.3) is 11.1 Å². The zero-order valence-corrected chi connectivity index (χ0v) is 13.2. The summed E-state index contributed by atoms with van der Waals surface area (Å²) in [6.45, 7) is 0. The second-order valence-corrected chi connectivity index (χ2v) is 5.75. The Morgan fingerprint density at radius 3 is 2.12 bits per heavy atom. The lowest BCUT2D eigenvalue weighted by Crippen LogP contribution is -2.29. The van der Waals surface area contributed by atoms with Crippen LogP contribution in [0.1, 0.15) is 17.5 Å². The van der Waals surface area contributed by atoms with Crippen LogP contribution in [0.4, 0.5) is 13.2 Å². The van der Waals surface area contributed by atoms with Crippen LogP contribution < -0.4 is 11.5 Å². The molecule has 1 atom stereocenters. The molecule has 2 rings (SSSR count). The molecule has 4 nitrogen and oxygen atoms in total. The average Bonchev–Trinajstić information content (AvgIpc) is 2.54. The van der Waals surface area contributed by atoms with Crippen LogP contribution in [-0.4, -0.2) is 11.8 Å². The van der Waals surface area contributed by atoms with Crippen LogP contribution in [0.3, 0.4) is 0 Å². The predicted molar refractivity (Wildman–Crippen MR) is 87.1 cm³/mol. The van der Waals surface area contributed by atoms with Gasteiger partial charge in [0, 0.05) is 6.42 Å². The largest absolute Gasteiger partial charge is 0.416 e. The Kier molecular flexibility index (Phi) is 5.46. The minimum absolute atomic E-state index is 0.148. The molecule has 0 aliphatic heterocycles. The molecule has 2 aromatic rings. The smallest absolute Gasteiger partial charge is 0.370 e. The highest BCUT2D eigenvalue weighted by atomic mass is 19.4. The molecular formula is C18H17F3N2O2. The van der Waals surface area contributed by atoms with E-state index >= 15 is 0 Å². The number of carbonyl (C=O) groups excluding carboxylic acids is 2. The third-order valence-corrected chi connectivity index (χ3v) is 3.81. The van der Waals surface area contributed by atoms with Gasteiger partial charge in [0.1, 0.15) is 0 Å². The van der Waals surface area contributed by atoms with Gasteiger partial charge in [-0.3, -0.25) is 9.59 Å². The third-order valence-electron chi connectivity index (χ3n) is 3.81. The Balaban J connectivity index is 2.20. The second kappa shape index (κ2) is 7.38. The molecule has 4 N–H and O–H groups in total. The normalized spacial score (nSPS) is 12.6. The molecular weight excluding hydrogens is 333 g/mol. The molecule has 0 radical (unpaired) electrons. The SMILES string of the molecule is NC(=O)CC(Cc1ccc(-c2cccc(C(F)(F)F)c2)cc1)C(N)=O. The third kappa shape index (κ3) is 5.07. The molecule has 7 heteroatoms. The van der Waals surface area contributed by atoms with Gasteiger partial charge in [-0.1, -0.05) is 36.4 Å². The van der Waals surface area contributed by atoms with Crippen molar-refractivity contribution in [1.29, 1.82) is 0 Å². The van der Waals surface area contributed by atoms with Gasteiger partial charge in [0.05, 0.1) is 11.5 Å². The van der Waals surface area contributed by atoms with Gasteiger partial charge >= 0.3 is 6.18 Å². The van der Waals surface area contributed by atoms with Crippen LogP contribution in [-0.2, 0) is 22.2 Å². The van der Waals surface area contributed by atoms with E-state index in [0.29, 0.717) is 11.1 Å². The molecule has 0 heterocycles. The van der Waals surface area contributed by atoms with Crippen molar-refractivity contribution in [1.82, 2.24) is 0 Å². The Bertz CT molecular complexity index is 771. The van der Waals surface area contributed by atoms with Crippen molar-refractivity contribution < 1.29 is 22.8 Å². The van der Waals surface area contributed by atoms with Gasteiger partial charge in [0.15, 0.2) is 0 Å². The zero-order valence-electron chi connectivity index (χ0n) is 13.2. The lowest BCUT2D eigenvalue weighted by atomic mass is 9.94. The summed E-state index contributed by atoms with van der Waals surface area (Å²) in [5.74, 6) is -1.96. The Morgan fingerprint density at radius 1 is 0.960 bits per heavy atom. The Hall–Kier alpha value is -2.83. The second-order valence-electron chi connectivity index (χ2n) is 5.75. The number of halogens is 3. The fourth-order valence-corrected chi connectivity index (χ4v) is 2.51. The first kappa shape index (κ1) is 18.5. The zero-order chi connectivity index (χ0) is 18.6. The lowest BCUT2D eigenvalue weighted by molar-refractivity contribution is -0.137. The van der Waals surface area contributed by atoms with Gasteiger partial charge in [0.2, 0.25) is 11.8 Å². The molecule has 2 aromatic carbocycles. The minimum atomic E-state index is -4.40. The first-order chi connectivity index (χ1) is 11.7. The van der Waals surface area contributed by atoms with Crippen LogP contribution >= 0.6 is 0 Å². The molecule has 0 aliphatic rings. The molecule has 0 aliphatic carbocycles. The summed E-state index contributed by atoms with van der Waals surface area (Å²) in [6.07, 6.45) is -4.31. The monoisotopic (exact) mass is 350 g/mol. The number of hydrogen-bond acceptors (Lipinski definition) is 2. The van der Waals surface area contributed by atoms with E-state index in [2.05, 4.69) is 0 Å². The molecule has 0 bridgehead atoms. The number of carbonyl (C=O) groups is 2. The summed E-state index contributed by atoms with van der Waals surface area (Å²) >= 11 is 0. The van der Waals surface area contributed by atoms with Gasteiger partial charge in [-0.25, -0.2) is 0 Å². The molecule has 1 unspecified atom stereocenters. The summed E-state index contributed by atoms with van der Waals surface area (Å²) in [5, 5.41) is 0. The van der Waals surface area contributed by atoms with Crippen LogP contribution in [0.15, 0.2) is 48.5 Å². The van der Waals surface area contributed by atoms with Gasteiger partial charge in [0.25, 0.3) is 0 Å². The summed E-state index contributed by atoms with van der Waals surface area (Å²) in [7, 11) is 0. The molecule has 25 heavy (non-hydrogen) atoms. The molecule has 0 aromatic heterocycles. The van der Waals surface area contributed by atoms with E-state index in [1.807, 2.05) is 0 Å². The first-order valence-corrected chi connectivity index (χ1v) is 7.51. The van der Waals surface area contributed by atoms with Crippen molar-refractivity contribution in [2.75, 3.05) is 0 Å². The molecule has 0 saturated carbocycles. The van der Waals surface area contributed by atoms with Crippen molar-refractivity contribution >= 4 is 11.8 Å². The Labute approximate surface area is 142 Å². The van der Waals surface area contributed by atoms with Crippen molar-refractivity contribution in [2.45, 2.75) is 19.0 Å². The first-order valence-electron chi connectivity index (χ1n) is 7.51.